The number of hydrogen-bond acceptors (Lipinski definition) is 2. The first-order chi connectivity index (χ1) is 6.19. The van der Waals surface area contributed by atoms with Crippen LogP contribution in [0, 0.1) is 6.92 Å². The summed E-state index contributed by atoms with van der Waals surface area (Å²) in [7, 11) is 0. The minimum atomic E-state index is -0.0984. The first-order valence-corrected chi connectivity index (χ1v) is 3.93. The summed E-state index contributed by atoms with van der Waals surface area (Å²) in [5, 5.41) is 1.49. The van der Waals surface area contributed by atoms with E-state index in [9.17, 15) is 4.79 Å². The maximum atomic E-state index is 11.2. The normalized spacial score (nSPS) is 13.3. The van der Waals surface area contributed by atoms with E-state index < -0.39 is 0 Å². The van der Waals surface area contributed by atoms with Crippen molar-refractivity contribution in [3.63, 3.8) is 0 Å². The molecule has 3 heteroatoms. The molecule has 0 spiro atoms. The first-order valence-electron chi connectivity index (χ1n) is 3.93. The van der Waals surface area contributed by atoms with Crippen molar-refractivity contribution in [3.05, 3.63) is 45.2 Å². The van der Waals surface area contributed by atoms with Gasteiger partial charge >= 0.3 is 0 Å². The maximum Gasteiger partial charge on any atom is 0.251 e. The zero-order valence-electron chi connectivity index (χ0n) is 7.50. The highest BCUT2D eigenvalue weighted by Gasteiger charge is 1.92. The number of hydrogen-bond donors (Lipinski definition) is 2. The largest absolute Gasteiger partial charge is 0.404 e. The van der Waals surface area contributed by atoms with Crippen LogP contribution in [-0.4, -0.2) is 4.98 Å². The van der Waals surface area contributed by atoms with Gasteiger partial charge in [-0.3, -0.25) is 4.79 Å². The molecule has 1 aromatic heterocycles. The summed E-state index contributed by atoms with van der Waals surface area (Å²) in [6.45, 7) is 5.29. The summed E-state index contributed by atoms with van der Waals surface area (Å²) >= 11 is 0. The fourth-order valence-corrected chi connectivity index (χ4v) is 1.06. The molecular weight excluding hydrogens is 164 g/mol. The maximum absolute atomic E-state index is 11.2. The van der Waals surface area contributed by atoms with Crippen LogP contribution in [-0.2, 0) is 0 Å². The van der Waals surface area contributed by atoms with Gasteiger partial charge in [0.2, 0.25) is 0 Å². The zero-order chi connectivity index (χ0) is 9.84. The third kappa shape index (κ3) is 1.87. The Morgan fingerprint density at radius 2 is 2.31 bits per heavy atom. The molecule has 3 N–H and O–H groups in total. The Morgan fingerprint density at radius 3 is 2.85 bits per heavy atom. The van der Waals surface area contributed by atoms with Crippen molar-refractivity contribution < 1.29 is 0 Å². The smallest absolute Gasteiger partial charge is 0.251 e. The number of pyridine rings is 1. The van der Waals surface area contributed by atoms with Crippen molar-refractivity contribution >= 4 is 12.3 Å². The molecule has 0 atom stereocenters. The minimum absolute atomic E-state index is 0.0984. The topological polar surface area (TPSA) is 58.9 Å². The van der Waals surface area contributed by atoms with E-state index in [1.54, 1.807) is 25.1 Å². The van der Waals surface area contributed by atoms with E-state index in [1.807, 2.05) is 0 Å². The Morgan fingerprint density at radius 1 is 1.62 bits per heavy atom. The molecule has 0 aliphatic rings. The van der Waals surface area contributed by atoms with Gasteiger partial charge in [0.15, 0.2) is 0 Å². The van der Waals surface area contributed by atoms with Gasteiger partial charge in [0.1, 0.15) is 0 Å². The second-order valence-electron chi connectivity index (χ2n) is 2.72. The molecule has 0 bridgehead atoms. The number of aromatic nitrogens is 1. The number of allylic oxidation sites excluding steroid dienone is 1. The van der Waals surface area contributed by atoms with Crippen molar-refractivity contribution in [2.45, 2.75) is 6.92 Å². The molecular formula is C10H12N2O. The Bertz CT molecular complexity index is 483. The summed E-state index contributed by atoms with van der Waals surface area (Å²) < 4.78 is 0. The van der Waals surface area contributed by atoms with E-state index in [0.29, 0.717) is 10.9 Å². The molecule has 0 aliphatic heterocycles. The minimum Gasteiger partial charge on any atom is -0.404 e. The van der Waals surface area contributed by atoms with E-state index in [0.717, 1.165) is 5.22 Å². The average molecular weight is 176 g/mol. The first kappa shape index (κ1) is 9.32. The lowest BCUT2D eigenvalue weighted by atomic mass is 10.2. The number of nitrogens with two attached hydrogens (primary N) is 1. The van der Waals surface area contributed by atoms with Crippen LogP contribution >= 0.6 is 0 Å². The molecule has 13 heavy (non-hydrogen) atoms. The summed E-state index contributed by atoms with van der Waals surface area (Å²) in [6, 6.07) is 1.74. The Labute approximate surface area is 75.9 Å². The van der Waals surface area contributed by atoms with E-state index >= 15 is 0 Å². The molecule has 0 saturated carbocycles. The molecule has 0 radical (unpaired) electrons. The molecule has 1 aromatic rings. The molecule has 0 amide bonds. The SMILES string of the molecule is C=C/C=c1/[nH]c(=O)c(C)c/c1=C/N. The van der Waals surface area contributed by atoms with Gasteiger partial charge in [-0.25, -0.2) is 0 Å². The number of aryl methyl sites for hydroxylation is 1. The summed E-state index contributed by atoms with van der Waals surface area (Å²) in [4.78, 5) is 13.9. The van der Waals surface area contributed by atoms with E-state index in [1.165, 1.54) is 6.20 Å². The van der Waals surface area contributed by atoms with Crippen LogP contribution in [0.1, 0.15) is 5.56 Å². The number of H-pyrrole nitrogens is 1. The highest BCUT2D eigenvalue weighted by molar-refractivity contribution is 5.35. The van der Waals surface area contributed by atoms with Crippen molar-refractivity contribution in [2.24, 2.45) is 5.73 Å². The summed E-state index contributed by atoms with van der Waals surface area (Å²) in [5.74, 6) is 0. The van der Waals surface area contributed by atoms with Gasteiger partial charge in [0.05, 0.1) is 0 Å². The summed E-state index contributed by atoms with van der Waals surface area (Å²) in [6.07, 6.45) is 4.77. The molecule has 3 nitrogen and oxygen atoms in total. The lowest BCUT2D eigenvalue weighted by molar-refractivity contribution is 1.11. The van der Waals surface area contributed by atoms with Crippen molar-refractivity contribution in [1.82, 2.24) is 4.98 Å². The Kier molecular flexibility index (Phi) is 2.69. The standard InChI is InChI=1S/C10H12N2O/c1-3-4-9-8(6-11)5-7(2)10(13)12-9/h3-6H,1,11H2,2H3,(H,12,13)/b8-6-,9-4+. The van der Waals surface area contributed by atoms with Crippen LogP contribution in [0.5, 0.6) is 0 Å². The van der Waals surface area contributed by atoms with Crippen LogP contribution in [0.4, 0.5) is 0 Å². The van der Waals surface area contributed by atoms with E-state index in [-0.39, 0.29) is 5.56 Å². The molecule has 0 aliphatic carbocycles. The number of nitrogens with one attached hydrogen (secondary N) is 1. The van der Waals surface area contributed by atoms with Crippen LogP contribution in [0.15, 0.2) is 23.5 Å². The molecule has 0 unspecified atom stereocenters. The predicted molar refractivity (Wildman–Crippen MR) is 54.4 cm³/mol. The summed E-state index contributed by atoms with van der Waals surface area (Å²) in [5.41, 5.74) is 5.95. The fourth-order valence-electron chi connectivity index (χ4n) is 1.06. The monoisotopic (exact) mass is 176 g/mol. The second-order valence-corrected chi connectivity index (χ2v) is 2.72. The van der Waals surface area contributed by atoms with Crippen molar-refractivity contribution in [1.29, 1.82) is 0 Å². The highest BCUT2D eigenvalue weighted by Crippen LogP contribution is 1.74. The third-order valence-electron chi connectivity index (χ3n) is 1.75. The van der Waals surface area contributed by atoms with Gasteiger partial charge in [-0.1, -0.05) is 12.7 Å². The van der Waals surface area contributed by atoms with E-state index in [4.69, 9.17) is 5.73 Å². The molecule has 0 aromatic carbocycles. The van der Waals surface area contributed by atoms with Crippen molar-refractivity contribution in [2.75, 3.05) is 0 Å². The zero-order valence-corrected chi connectivity index (χ0v) is 7.50. The van der Waals surface area contributed by atoms with Gasteiger partial charge < -0.3 is 10.7 Å². The second kappa shape index (κ2) is 3.76. The van der Waals surface area contributed by atoms with Gasteiger partial charge in [-0.15, -0.1) is 0 Å². The predicted octanol–water partition coefficient (Wildman–Crippen LogP) is -0.653. The quantitative estimate of drug-likeness (QED) is 0.597. The van der Waals surface area contributed by atoms with Gasteiger partial charge in [-0.2, -0.15) is 0 Å². The highest BCUT2D eigenvalue weighted by atomic mass is 16.1. The van der Waals surface area contributed by atoms with Crippen LogP contribution in [0.2, 0.25) is 0 Å². The number of rotatable bonds is 1. The van der Waals surface area contributed by atoms with Gasteiger partial charge in [-0.05, 0) is 19.1 Å². The van der Waals surface area contributed by atoms with E-state index in [2.05, 4.69) is 11.6 Å². The van der Waals surface area contributed by atoms with Crippen LogP contribution in [0.3, 0.4) is 0 Å². The molecule has 0 saturated heterocycles. The van der Waals surface area contributed by atoms with Gasteiger partial charge in [0, 0.05) is 22.3 Å². The average Bonchev–Trinajstić information content (AvgIpc) is 2.11. The van der Waals surface area contributed by atoms with Gasteiger partial charge in [0.25, 0.3) is 5.56 Å². The molecule has 68 valence electrons. The lowest BCUT2D eigenvalue weighted by Crippen LogP contribution is -2.35. The molecule has 0 fully saturated rings. The van der Waals surface area contributed by atoms with Crippen LogP contribution in [0.25, 0.3) is 12.3 Å². The third-order valence-corrected chi connectivity index (χ3v) is 1.75. The lowest BCUT2D eigenvalue weighted by Gasteiger charge is -1.92. The fraction of sp³-hybridized carbons (Fsp3) is 0.100. The Hall–Kier alpha value is -1.77. The van der Waals surface area contributed by atoms with Crippen molar-refractivity contribution in [3.8, 4) is 0 Å². The molecule has 1 heterocycles. The van der Waals surface area contributed by atoms with Crippen LogP contribution < -0.4 is 21.9 Å². The Balaban J connectivity index is 3.72. The molecule has 1 rings (SSSR count). The number of aromatic amines is 1.